The Bertz CT molecular complexity index is 523. The van der Waals surface area contributed by atoms with Crippen molar-refractivity contribution in [1.82, 2.24) is 10.2 Å². The third-order valence-electron chi connectivity index (χ3n) is 3.83. The van der Waals surface area contributed by atoms with Gasteiger partial charge in [0.15, 0.2) is 0 Å². The van der Waals surface area contributed by atoms with Crippen LogP contribution in [0.5, 0.6) is 0 Å². The molecule has 5 nitrogen and oxygen atoms in total. The first-order valence-corrected chi connectivity index (χ1v) is 7.22. The molecule has 2 rings (SSSR count). The summed E-state index contributed by atoms with van der Waals surface area (Å²) in [6.45, 7) is 6.34. The molecule has 2 amide bonds. The zero-order valence-corrected chi connectivity index (χ0v) is 12.6. The zero-order chi connectivity index (χ0) is 15.5. The molecule has 0 bridgehead atoms. The summed E-state index contributed by atoms with van der Waals surface area (Å²) in [6, 6.07) is 6.50. The number of aromatic carboxylic acids is 1. The third kappa shape index (κ3) is 4.21. The standard InChI is InChI=1S/C16H22N2O3/c1-16(2)8-3-9-18(11-16)15(21)17-10-12-4-6-13(7-5-12)14(19)20/h4-7H,3,8-11H2,1-2H3,(H,17,21)(H,19,20). The summed E-state index contributed by atoms with van der Waals surface area (Å²) in [4.78, 5) is 24.8. The summed E-state index contributed by atoms with van der Waals surface area (Å²) in [6.07, 6.45) is 2.18. The molecule has 2 N–H and O–H groups in total. The van der Waals surface area contributed by atoms with Crippen LogP contribution in [-0.4, -0.2) is 35.1 Å². The van der Waals surface area contributed by atoms with Crippen molar-refractivity contribution in [2.24, 2.45) is 5.41 Å². The van der Waals surface area contributed by atoms with E-state index in [4.69, 9.17) is 5.11 Å². The van der Waals surface area contributed by atoms with Gasteiger partial charge in [-0.1, -0.05) is 26.0 Å². The van der Waals surface area contributed by atoms with Crippen molar-refractivity contribution in [1.29, 1.82) is 0 Å². The maximum atomic E-state index is 12.2. The fourth-order valence-corrected chi connectivity index (χ4v) is 2.65. The van der Waals surface area contributed by atoms with Crippen LogP contribution < -0.4 is 5.32 Å². The van der Waals surface area contributed by atoms with Gasteiger partial charge in [0.05, 0.1) is 5.56 Å². The van der Waals surface area contributed by atoms with Gasteiger partial charge in [-0.2, -0.15) is 0 Å². The number of nitrogens with one attached hydrogen (secondary N) is 1. The lowest BCUT2D eigenvalue weighted by atomic mass is 9.84. The molecule has 114 valence electrons. The molecule has 0 atom stereocenters. The second-order valence-corrected chi connectivity index (χ2v) is 6.35. The summed E-state index contributed by atoms with van der Waals surface area (Å²) in [5.74, 6) is -0.943. The van der Waals surface area contributed by atoms with Gasteiger partial charge in [0.25, 0.3) is 0 Å². The Labute approximate surface area is 125 Å². The monoisotopic (exact) mass is 290 g/mol. The molecule has 0 saturated carbocycles. The van der Waals surface area contributed by atoms with Gasteiger partial charge < -0.3 is 15.3 Å². The summed E-state index contributed by atoms with van der Waals surface area (Å²) >= 11 is 0. The number of carbonyl (C=O) groups is 2. The van der Waals surface area contributed by atoms with E-state index in [0.717, 1.165) is 31.5 Å². The average molecular weight is 290 g/mol. The van der Waals surface area contributed by atoms with Crippen molar-refractivity contribution in [2.75, 3.05) is 13.1 Å². The van der Waals surface area contributed by atoms with Crippen molar-refractivity contribution >= 4 is 12.0 Å². The average Bonchev–Trinajstić information content (AvgIpc) is 2.44. The normalized spacial score (nSPS) is 17.3. The SMILES string of the molecule is CC1(C)CCCN(C(=O)NCc2ccc(C(=O)O)cc2)C1. The van der Waals surface area contributed by atoms with E-state index in [1.54, 1.807) is 24.3 Å². The first kappa shape index (κ1) is 15.4. The van der Waals surface area contributed by atoms with Gasteiger partial charge in [-0.25, -0.2) is 9.59 Å². The van der Waals surface area contributed by atoms with E-state index in [0.29, 0.717) is 6.54 Å². The first-order chi connectivity index (χ1) is 9.87. The Hall–Kier alpha value is -2.04. The van der Waals surface area contributed by atoms with E-state index in [2.05, 4.69) is 19.2 Å². The quantitative estimate of drug-likeness (QED) is 0.899. The van der Waals surface area contributed by atoms with Gasteiger partial charge >= 0.3 is 12.0 Å². The highest BCUT2D eigenvalue weighted by Crippen LogP contribution is 2.28. The molecule has 0 spiro atoms. The molecular formula is C16H22N2O3. The van der Waals surface area contributed by atoms with E-state index in [-0.39, 0.29) is 17.0 Å². The van der Waals surface area contributed by atoms with Crippen molar-refractivity contribution in [2.45, 2.75) is 33.2 Å². The highest BCUT2D eigenvalue weighted by Gasteiger charge is 2.28. The number of carbonyl (C=O) groups excluding carboxylic acids is 1. The van der Waals surface area contributed by atoms with Crippen LogP contribution >= 0.6 is 0 Å². The van der Waals surface area contributed by atoms with E-state index in [1.165, 1.54) is 0 Å². The lowest BCUT2D eigenvalue weighted by Crippen LogP contribution is -2.47. The largest absolute Gasteiger partial charge is 0.478 e. The van der Waals surface area contributed by atoms with E-state index < -0.39 is 5.97 Å². The summed E-state index contributed by atoms with van der Waals surface area (Å²) < 4.78 is 0. The number of urea groups is 1. The molecule has 1 aliphatic rings. The topological polar surface area (TPSA) is 69.6 Å². The molecule has 1 saturated heterocycles. The summed E-state index contributed by atoms with van der Waals surface area (Å²) in [5.41, 5.74) is 1.33. The molecule has 1 aromatic rings. The minimum atomic E-state index is -0.943. The molecule has 5 heteroatoms. The highest BCUT2D eigenvalue weighted by atomic mass is 16.4. The molecule has 0 radical (unpaired) electrons. The number of piperidine rings is 1. The van der Waals surface area contributed by atoms with Crippen molar-refractivity contribution in [3.8, 4) is 0 Å². The number of benzene rings is 1. The number of amides is 2. The Balaban J connectivity index is 1.87. The molecule has 21 heavy (non-hydrogen) atoms. The number of hydrogen-bond donors (Lipinski definition) is 2. The minimum Gasteiger partial charge on any atom is -0.478 e. The second kappa shape index (κ2) is 6.16. The predicted octanol–water partition coefficient (Wildman–Crippen LogP) is 2.72. The van der Waals surface area contributed by atoms with Crippen LogP contribution in [0.4, 0.5) is 4.79 Å². The molecule has 1 fully saturated rings. The number of likely N-dealkylation sites (tertiary alicyclic amines) is 1. The molecule has 1 heterocycles. The third-order valence-corrected chi connectivity index (χ3v) is 3.83. The van der Waals surface area contributed by atoms with Crippen molar-refractivity contribution in [3.05, 3.63) is 35.4 Å². The predicted molar refractivity (Wildman–Crippen MR) is 80.2 cm³/mol. The Morgan fingerprint density at radius 3 is 2.52 bits per heavy atom. The summed E-state index contributed by atoms with van der Waals surface area (Å²) in [7, 11) is 0. The van der Waals surface area contributed by atoms with E-state index in [1.807, 2.05) is 4.90 Å². The fraction of sp³-hybridized carbons (Fsp3) is 0.500. The number of carboxylic acids is 1. The lowest BCUT2D eigenvalue weighted by Gasteiger charge is -2.37. The van der Waals surface area contributed by atoms with Crippen LogP contribution in [0.15, 0.2) is 24.3 Å². The Morgan fingerprint density at radius 2 is 1.95 bits per heavy atom. The van der Waals surface area contributed by atoms with E-state index >= 15 is 0 Å². The molecular weight excluding hydrogens is 268 g/mol. The molecule has 1 aromatic carbocycles. The second-order valence-electron chi connectivity index (χ2n) is 6.35. The molecule has 0 unspecified atom stereocenters. The van der Waals surface area contributed by atoms with Crippen LogP contribution in [0.3, 0.4) is 0 Å². The highest BCUT2D eigenvalue weighted by molar-refractivity contribution is 5.87. The van der Waals surface area contributed by atoms with Gasteiger partial charge in [-0.05, 0) is 36.0 Å². The van der Waals surface area contributed by atoms with Crippen LogP contribution in [-0.2, 0) is 6.54 Å². The summed E-state index contributed by atoms with van der Waals surface area (Å²) in [5, 5.41) is 11.7. The van der Waals surface area contributed by atoms with Gasteiger partial charge in [-0.3, -0.25) is 0 Å². The molecule has 0 aromatic heterocycles. The lowest BCUT2D eigenvalue weighted by molar-refractivity contribution is 0.0697. The number of hydrogen-bond acceptors (Lipinski definition) is 2. The number of rotatable bonds is 3. The number of nitrogens with zero attached hydrogens (tertiary/aromatic N) is 1. The van der Waals surface area contributed by atoms with Gasteiger partial charge in [0.1, 0.15) is 0 Å². The van der Waals surface area contributed by atoms with Gasteiger partial charge in [0, 0.05) is 19.6 Å². The smallest absolute Gasteiger partial charge is 0.335 e. The minimum absolute atomic E-state index is 0.0508. The van der Waals surface area contributed by atoms with E-state index in [9.17, 15) is 9.59 Å². The first-order valence-electron chi connectivity index (χ1n) is 7.22. The van der Waals surface area contributed by atoms with Gasteiger partial charge in [0.2, 0.25) is 0 Å². The molecule has 1 aliphatic heterocycles. The van der Waals surface area contributed by atoms with Crippen molar-refractivity contribution < 1.29 is 14.7 Å². The number of carboxylic acid groups (broad SMARTS) is 1. The molecule has 0 aliphatic carbocycles. The van der Waals surface area contributed by atoms with Gasteiger partial charge in [-0.15, -0.1) is 0 Å². The van der Waals surface area contributed by atoms with Crippen molar-refractivity contribution in [3.63, 3.8) is 0 Å². The van der Waals surface area contributed by atoms with Crippen LogP contribution in [0.25, 0.3) is 0 Å². The Morgan fingerprint density at radius 1 is 1.29 bits per heavy atom. The Kier molecular flexibility index (Phi) is 4.50. The van der Waals surface area contributed by atoms with Crippen LogP contribution in [0, 0.1) is 5.41 Å². The zero-order valence-electron chi connectivity index (χ0n) is 12.6. The maximum Gasteiger partial charge on any atom is 0.335 e. The maximum absolute atomic E-state index is 12.2. The van der Waals surface area contributed by atoms with Crippen LogP contribution in [0.2, 0.25) is 0 Å². The fourth-order valence-electron chi connectivity index (χ4n) is 2.65. The van der Waals surface area contributed by atoms with Crippen LogP contribution in [0.1, 0.15) is 42.6 Å².